The number of anilines is 2. The predicted octanol–water partition coefficient (Wildman–Crippen LogP) is 4.64. The second-order valence-corrected chi connectivity index (χ2v) is 5.83. The molecule has 0 spiro atoms. The first kappa shape index (κ1) is 17.7. The van der Waals surface area contributed by atoms with Crippen LogP contribution in [0.2, 0.25) is 0 Å². The maximum Gasteiger partial charge on any atom is 0.142 e. The third-order valence-electron chi connectivity index (χ3n) is 4.13. The number of hydrogen-bond donors (Lipinski definition) is 1. The molecule has 0 aliphatic carbocycles. The van der Waals surface area contributed by atoms with Gasteiger partial charge < -0.3 is 14.6 Å². The van der Waals surface area contributed by atoms with Gasteiger partial charge >= 0.3 is 0 Å². The summed E-state index contributed by atoms with van der Waals surface area (Å²) in [5.41, 5.74) is 3.89. The topological polar surface area (TPSA) is 51.4 Å². The van der Waals surface area contributed by atoms with Crippen molar-refractivity contribution in [3.05, 3.63) is 53.9 Å². The number of nitrogens with zero attached hydrogens (tertiary/aromatic N) is 3. The van der Waals surface area contributed by atoms with Crippen molar-refractivity contribution in [2.75, 3.05) is 18.6 Å². The molecule has 0 unspecified atom stereocenters. The largest absolute Gasteiger partial charge is 0.491 e. The highest BCUT2D eigenvalue weighted by Gasteiger charge is 2.11. The zero-order chi connectivity index (χ0) is 18.5. The van der Waals surface area contributed by atoms with E-state index in [4.69, 9.17) is 9.72 Å². The summed E-state index contributed by atoms with van der Waals surface area (Å²) in [6.07, 6.45) is 3.59. The minimum Gasteiger partial charge on any atom is -0.491 e. The van der Waals surface area contributed by atoms with Crippen LogP contribution in [-0.4, -0.2) is 29.6 Å². The van der Waals surface area contributed by atoms with Crippen molar-refractivity contribution in [1.29, 1.82) is 0 Å². The number of nitrogens with one attached hydrogen (secondary N) is 1. The summed E-state index contributed by atoms with van der Waals surface area (Å²) in [7, 11) is 1.97. The quantitative estimate of drug-likeness (QED) is 0.630. The van der Waals surface area contributed by atoms with E-state index in [0.29, 0.717) is 5.75 Å². The number of fused-ring (bicyclic) bond motifs is 1. The lowest BCUT2D eigenvalue weighted by Crippen LogP contribution is -2.00. The van der Waals surface area contributed by atoms with E-state index >= 15 is 0 Å². The number of alkyl halides is 1. The number of benzene rings is 1. The minimum atomic E-state index is -0.513. The maximum atomic E-state index is 12.3. The first-order valence-corrected chi connectivity index (χ1v) is 8.28. The Labute approximate surface area is 151 Å². The van der Waals surface area contributed by atoms with Crippen LogP contribution in [0.3, 0.4) is 0 Å². The molecular formula is C20H21FN4O. The van der Waals surface area contributed by atoms with Crippen molar-refractivity contribution in [2.24, 2.45) is 12.0 Å². The van der Waals surface area contributed by atoms with E-state index in [1.54, 1.807) is 12.3 Å². The van der Waals surface area contributed by atoms with Gasteiger partial charge in [0, 0.05) is 36.1 Å². The van der Waals surface area contributed by atoms with Gasteiger partial charge in [-0.25, -0.2) is 9.37 Å². The lowest BCUT2D eigenvalue weighted by Gasteiger charge is -2.09. The standard InChI is InChI=1S/C20H21FN4O/c1-14-17-7-8-19(24-20(17)25(3)18(14)9-11-22-2)23-15-5-4-6-16(13-15)26-12-10-21/h4-9,11,13H,2,10,12H2,1,3H3,(H,23,24)/b11-9-. The Morgan fingerprint density at radius 2 is 2.19 bits per heavy atom. The van der Waals surface area contributed by atoms with Gasteiger partial charge in [0.25, 0.3) is 0 Å². The van der Waals surface area contributed by atoms with Gasteiger partial charge in [0.1, 0.15) is 30.5 Å². The minimum absolute atomic E-state index is 0.0478. The molecule has 0 radical (unpaired) electrons. The molecule has 1 N–H and O–H groups in total. The number of ether oxygens (including phenoxy) is 1. The second-order valence-electron chi connectivity index (χ2n) is 5.83. The van der Waals surface area contributed by atoms with E-state index < -0.39 is 6.67 Å². The van der Waals surface area contributed by atoms with Crippen molar-refractivity contribution in [3.8, 4) is 5.75 Å². The van der Waals surface area contributed by atoms with Gasteiger partial charge in [-0.05, 0) is 49.5 Å². The molecule has 0 bridgehead atoms. The maximum absolute atomic E-state index is 12.3. The Morgan fingerprint density at radius 3 is 2.96 bits per heavy atom. The van der Waals surface area contributed by atoms with Crippen molar-refractivity contribution >= 4 is 35.3 Å². The van der Waals surface area contributed by atoms with E-state index in [9.17, 15) is 4.39 Å². The molecule has 26 heavy (non-hydrogen) atoms. The molecule has 2 heterocycles. The second kappa shape index (κ2) is 7.82. The summed E-state index contributed by atoms with van der Waals surface area (Å²) >= 11 is 0. The van der Waals surface area contributed by atoms with Crippen LogP contribution in [-0.2, 0) is 7.05 Å². The number of rotatable bonds is 7. The fourth-order valence-electron chi connectivity index (χ4n) is 2.90. The van der Waals surface area contributed by atoms with Crippen LogP contribution in [0.25, 0.3) is 17.1 Å². The first-order valence-electron chi connectivity index (χ1n) is 8.28. The molecule has 0 saturated carbocycles. The van der Waals surface area contributed by atoms with Crippen LogP contribution in [0.1, 0.15) is 11.3 Å². The van der Waals surface area contributed by atoms with Gasteiger partial charge in [0.2, 0.25) is 0 Å². The number of aryl methyl sites for hydroxylation is 2. The van der Waals surface area contributed by atoms with Gasteiger partial charge in [0.15, 0.2) is 0 Å². The molecule has 1 aromatic carbocycles. The van der Waals surface area contributed by atoms with E-state index in [-0.39, 0.29) is 6.61 Å². The Morgan fingerprint density at radius 1 is 1.35 bits per heavy atom. The summed E-state index contributed by atoms with van der Waals surface area (Å²) in [4.78, 5) is 8.50. The number of pyridine rings is 1. The van der Waals surface area contributed by atoms with E-state index in [0.717, 1.165) is 33.8 Å². The summed E-state index contributed by atoms with van der Waals surface area (Å²) in [5.74, 6) is 1.34. The molecule has 3 aromatic rings. The zero-order valence-corrected chi connectivity index (χ0v) is 14.9. The van der Waals surface area contributed by atoms with Gasteiger partial charge in [-0.2, -0.15) is 0 Å². The van der Waals surface area contributed by atoms with Crippen molar-refractivity contribution < 1.29 is 9.13 Å². The Hall–Kier alpha value is -3.15. The van der Waals surface area contributed by atoms with Gasteiger partial charge in [-0.15, -0.1) is 0 Å². The highest BCUT2D eigenvalue weighted by molar-refractivity contribution is 5.86. The molecule has 3 rings (SSSR count). The van der Waals surface area contributed by atoms with Gasteiger partial charge in [0.05, 0.1) is 0 Å². The van der Waals surface area contributed by atoms with Crippen LogP contribution < -0.4 is 10.1 Å². The average Bonchev–Trinajstić information content (AvgIpc) is 2.89. The van der Waals surface area contributed by atoms with E-state index in [1.165, 1.54) is 0 Å². The third-order valence-corrected chi connectivity index (χ3v) is 4.13. The molecule has 6 heteroatoms. The third kappa shape index (κ3) is 3.59. The Balaban J connectivity index is 1.91. The van der Waals surface area contributed by atoms with Gasteiger partial charge in [-0.3, -0.25) is 4.99 Å². The normalized spacial score (nSPS) is 11.2. The first-order chi connectivity index (χ1) is 12.6. The van der Waals surface area contributed by atoms with E-state index in [1.807, 2.05) is 48.0 Å². The Kier molecular flexibility index (Phi) is 5.31. The van der Waals surface area contributed by atoms with Crippen molar-refractivity contribution in [3.63, 3.8) is 0 Å². The number of aliphatic imine (C=N–C) groups is 1. The summed E-state index contributed by atoms with van der Waals surface area (Å²) in [6, 6.07) is 11.4. The van der Waals surface area contributed by atoms with Crippen LogP contribution in [0.5, 0.6) is 5.75 Å². The molecule has 0 amide bonds. The Bertz CT molecular complexity index is 962. The van der Waals surface area contributed by atoms with Crippen molar-refractivity contribution in [2.45, 2.75) is 6.92 Å². The number of hydrogen-bond acceptors (Lipinski definition) is 4. The SMILES string of the molecule is C=N/C=C\c1c(C)c2ccc(Nc3cccc(OCCF)c3)nc2n1C. The number of aromatic nitrogens is 2. The van der Waals surface area contributed by atoms with Crippen LogP contribution in [0, 0.1) is 6.92 Å². The van der Waals surface area contributed by atoms with E-state index in [2.05, 4.69) is 24.0 Å². The summed E-state index contributed by atoms with van der Waals surface area (Å²) < 4.78 is 19.6. The molecular weight excluding hydrogens is 331 g/mol. The fraction of sp³-hybridized carbons (Fsp3) is 0.200. The van der Waals surface area contributed by atoms with Crippen LogP contribution in [0.4, 0.5) is 15.9 Å². The van der Waals surface area contributed by atoms with Crippen LogP contribution >= 0.6 is 0 Å². The van der Waals surface area contributed by atoms with Crippen molar-refractivity contribution in [1.82, 2.24) is 9.55 Å². The molecule has 0 saturated heterocycles. The van der Waals surface area contributed by atoms with Gasteiger partial charge in [-0.1, -0.05) is 6.07 Å². The zero-order valence-electron chi connectivity index (χ0n) is 14.9. The lowest BCUT2D eigenvalue weighted by molar-refractivity contribution is 0.273. The molecule has 134 valence electrons. The molecule has 2 aromatic heterocycles. The average molecular weight is 352 g/mol. The highest BCUT2D eigenvalue weighted by Crippen LogP contribution is 2.27. The lowest BCUT2D eigenvalue weighted by atomic mass is 10.2. The van der Waals surface area contributed by atoms with Crippen LogP contribution in [0.15, 0.2) is 47.6 Å². The molecule has 0 atom stereocenters. The molecule has 0 aliphatic rings. The summed E-state index contributed by atoms with van der Waals surface area (Å²) in [5, 5.41) is 4.35. The number of halogens is 1. The summed E-state index contributed by atoms with van der Waals surface area (Å²) in [6.45, 7) is 5.07. The molecule has 0 aliphatic heterocycles. The predicted molar refractivity (Wildman–Crippen MR) is 105 cm³/mol. The molecule has 0 fully saturated rings. The molecule has 5 nitrogen and oxygen atoms in total. The fourth-order valence-corrected chi connectivity index (χ4v) is 2.90. The highest BCUT2D eigenvalue weighted by atomic mass is 19.1. The smallest absolute Gasteiger partial charge is 0.142 e. The monoisotopic (exact) mass is 352 g/mol.